The van der Waals surface area contributed by atoms with Gasteiger partial charge in [0.25, 0.3) is 5.91 Å². The molecule has 1 aromatic heterocycles. The van der Waals surface area contributed by atoms with Gasteiger partial charge in [-0.15, -0.1) is 11.3 Å². The quantitative estimate of drug-likeness (QED) is 0.787. The van der Waals surface area contributed by atoms with Crippen LogP contribution in [0.4, 0.5) is 0 Å². The van der Waals surface area contributed by atoms with E-state index in [0.717, 1.165) is 16.3 Å². The summed E-state index contributed by atoms with van der Waals surface area (Å²) >= 11 is 1.42. The van der Waals surface area contributed by atoms with E-state index in [1.807, 2.05) is 19.1 Å². The number of carbonyl (C=O) groups is 1. The number of amides is 1. The Morgan fingerprint density at radius 3 is 2.23 bits per heavy atom. The first-order valence-corrected chi connectivity index (χ1v) is 10.7. The minimum absolute atomic E-state index is 0.0637. The van der Waals surface area contributed by atoms with Crippen LogP contribution in [-0.2, 0) is 27.7 Å². The summed E-state index contributed by atoms with van der Waals surface area (Å²) in [6, 6.07) is 7.15. The van der Waals surface area contributed by atoms with Crippen LogP contribution in [-0.4, -0.2) is 26.4 Å². The number of aromatic nitrogens is 1. The fourth-order valence-corrected chi connectivity index (χ4v) is 4.05. The van der Waals surface area contributed by atoms with Gasteiger partial charge < -0.3 is 5.32 Å². The maximum absolute atomic E-state index is 12.4. The van der Waals surface area contributed by atoms with Crippen LogP contribution in [0.1, 0.15) is 52.3 Å². The van der Waals surface area contributed by atoms with Crippen molar-refractivity contribution in [2.45, 2.75) is 45.4 Å². The average Bonchev–Trinajstić information content (AvgIpc) is 2.96. The molecule has 0 bridgehead atoms. The van der Waals surface area contributed by atoms with Gasteiger partial charge in [0.1, 0.15) is 4.88 Å². The van der Waals surface area contributed by atoms with E-state index in [1.165, 1.54) is 18.4 Å². The highest BCUT2D eigenvalue weighted by molar-refractivity contribution is 7.88. The van der Waals surface area contributed by atoms with Gasteiger partial charge in [-0.3, -0.25) is 4.79 Å². The molecule has 6 nitrogen and oxygen atoms in total. The van der Waals surface area contributed by atoms with Gasteiger partial charge in [0, 0.05) is 12.0 Å². The number of rotatable bonds is 6. The van der Waals surface area contributed by atoms with Gasteiger partial charge in [-0.25, -0.2) is 18.1 Å². The second-order valence-electron chi connectivity index (χ2n) is 7.15. The molecule has 0 aliphatic rings. The van der Waals surface area contributed by atoms with Crippen LogP contribution in [0, 0.1) is 6.92 Å². The summed E-state index contributed by atoms with van der Waals surface area (Å²) in [5, 5.41) is 3.84. The van der Waals surface area contributed by atoms with Crippen molar-refractivity contribution in [3.63, 3.8) is 0 Å². The fraction of sp³-hybridized carbons (Fsp3) is 0.444. The summed E-state index contributed by atoms with van der Waals surface area (Å²) in [4.78, 5) is 17.6. The minimum atomic E-state index is -3.29. The molecular formula is C18H25N3O3S2. The van der Waals surface area contributed by atoms with E-state index in [4.69, 9.17) is 0 Å². The predicted molar refractivity (Wildman–Crippen MR) is 105 cm³/mol. The number of carbonyl (C=O) groups excluding carboxylic acids is 1. The molecule has 1 amide bonds. The summed E-state index contributed by atoms with van der Waals surface area (Å²) in [6.45, 7) is 8.44. The Bertz CT molecular complexity index is 879. The molecule has 1 heterocycles. The van der Waals surface area contributed by atoms with Crippen molar-refractivity contribution in [2.24, 2.45) is 0 Å². The number of aryl methyl sites for hydroxylation is 1. The van der Waals surface area contributed by atoms with Crippen molar-refractivity contribution in [1.82, 2.24) is 15.0 Å². The van der Waals surface area contributed by atoms with Crippen LogP contribution >= 0.6 is 11.3 Å². The predicted octanol–water partition coefficient (Wildman–Crippen LogP) is 2.73. The summed E-state index contributed by atoms with van der Waals surface area (Å²) in [7, 11) is -1.89. The molecule has 0 radical (unpaired) electrons. The lowest BCUT2D eigenvalue weighted by Crippen LogP contribution is -2.22. The topological polar surface area (TPSA) is 88.2 Å². The van der Waals surface area contributed by atoms with Crippen molar-refractivity contribution in [3.05, 3.63) is 51.0 Å². The summed E-state index contributed by atoms with van der Waals surface area (Å²) < 4.78 is 25.4. The number of sulfonamides is 1. The van der Waals surface area contributed by atoms with E-state index in [1.54, 1.807) is 12.1 Å². The monoisotopic (exact) mass is 395 g/mol. The number of hydrogen-bond donors (Lipinski definition) is 2. The van der Waals surface area contributed by atoms with Gasteiger partial charge in [-0.05, 0) is 25.1 Å². The summed E-state index contributed by atoms with van der Waals surface area (Å²) in [5.41, 5.74) is 2.26. The average molecular weight is 396 g/mol. The van der Waals surface area contributed by atoms with Crippen molar-refractivity contribution in [2.75, 3.05) is 7.05 Å². The summed E-state index contributed by atoms with van der Waals surface area (Å²) in [5.74, 6) is -0.205. The maximum Gasteiger partial charge on any atom is 0.263 e. The molecule has 1 aromatic carbocycles. The Kier molecular flexibility index (Phi) is 6.21. The van der Waals surface area contributed by atoms with Gasteiger partial charge in [-0.1, -0.05) is 45.0 Å². The molecule has 0 fully saturated rings. The molecule has 0 aliphatic heterocycles. The fourth-order valence-electron chi connectivity index (χ4n) is 2.24. The van der Waals surface area contributed by atoms with E-state index < -0.39 is 10.0 Å². The SMILES string of the molecule is CNS(=O)(=O)Cc1ccc(CNC(=O)c2sc(C(C)(C)C)nc2C)cc1. The highest BCUT2D eigenvalue weighted by Gasteiger charge is 2.22. The minimum Gasteiger partial charge on any atom is -0.347 e. The number of nitrogens with zero attached hydrogens (tertiary/aromatic N) is 1. The second kappa shape index (κ2) is 7.85. The van der Waals surface area contributed by atoms with E-state index >= 15 is 0 Å². The maximum atomic E-state index is 12.4. The van der Waals surface area contributed by atoms with Crippen molar-refractivity contribution in [3.8, 4) is 0 Å². The Balaban J connectivity index is 2.01. The number of nitrogens with one attached hydrogen (secondary N) is 2. The molecule has 142 valence electrons. The molecule has 0 aliphatic carbocycles. The van der Waals surface area contributed by atoms with Gasteiger partial charge in [0.15, 0.2) is 0 Å². The first-order valence-electron chi connectivity index (χ1n) is 8.27. The second-order valence-corrected chi connectivity index (χ2v) is 10.1. The molecule has 0 unspecified atom stereocenters. The van der Waals surface area contributed by atoms with Crippen LogP contribution < -0.4 is 10.0 Å². The molecular weight excluding hydrogens is 370 g/mol. The number of thiazole rings is 1. The lowest BCUT2D eigenvalue weighted by Gasteiger charge is -2.13. The van der Waals surface area contributed by atoms with Crippen LogP contribution in [0.5, 0.6) is 0 Å². The Labute approximate surface area is 159 Å². The van der Waals surface area contributed by atoms with Crippen molar-refractivity contribution >= 4 is 27.3 Å². The molecule has 2 rings (SSSR count). The first-order chi connectivity index (χ1) is 12.0. The molecule has 26 heavy (non-hydrogen) atoms. The van der Waals surface area contributed by atoms with Crippen LogP contribution in [0.2, 0.25) is 0 Å². The highest BCUT2D eigenvalue weighted by Crippen LogP contribution is 2.29. The number of hydrogen-bond acceptors (Lipinski definition) is 5. The molecule has 2 aromatic rings. The molecule has 0 saturated carbocycles. The third kappa shape index (κ3) is 5.36. The van der Waals surface area contributed by atoms with E-state index in [0.29, 0.717) is 17.0 Å². The van der Waals surface area contributed by atoms with E-state index in [-0.39, 0.29) is 17.1 Å². The zero-order chi connectivity index (χ0) is 19.5. The van der Waals surface area contributed by atoms with Gasteiger partial charge >= 0.3 is 0 Å². The standard InChI is InChI=1S/C18H25N3O3S2/c1-12-15(25-17(21-12)18(2,3)4)16(22)20-10-13-6-8-14(9-7-13)11-26(23,24)19-5/h6-9,19H,10-11H2,1-5H3,(H,20,22). The Morgan fingerprint density at radius 1 is 1.15 bits per heavy atom. The highest BCUT2D eigenvalue weighted by atomic mass is 32.2. The van der Waals surface area contributed by atoms with E-state index in [2.05, 4.69) is 35.8 Å². The van der Waals surface area contributed by atoms with Crippen LogP contribution in [0.25, 0.3) is 0 Å². The molecule has 0 atom stereocenters. The Morgan fingerprint density at radius 2 is 1.73 bits per heavy atom. The third-order valence-electron chi connectivity index (χ3n) is 3.79. The van der Waals surface area contributed by atoms with Gasteiger partial charge in [0.05, 0.1) is 16.5 Å². The lowest BCUT2D eigenvalue weighted by molar-refractivity contribution is 0.0954. The molecule has 2 N–H and O–H groups in total. The van der Waals surface area contributed by atoms with Gasteiger partial charge in [0.2, 0.25) is 10.0 Å². The smallest absolute Gasteiger partial charge is 0.263 e. The van der Waals surface area contributed by atoms with Gasteiger partial charge in [-0.2, -0.15) is 0 Å². The zero-order valence-corrected chi connectivity index (χ0v) is 17.3. The normalized spacial score (nSPS) is 12.2. The lowest BCUT2D eigenvalue weighted by atomic mass is 9.98. The van der Waals surface area contributed by atoms with Crippen molar-refractivity contribution in [1.29, 1.82) is 0 Å². The largest absolute Gasteiger partial charge is 0.347 e. The molecule has 0 saturated heterocycles. The Hall–Kier alpha value is -1.77. The zero-order valence-electron chi connectivity index (χ0n) is 15.7. The molecule has 0 spiro atoms. The number of benzene rings is 1. The summed E-state index contributed by atoms with van der Waals surface area (Å²) in [6.07, 6.45) is 0. The first kappa shape index (κ1) is 20.5. The molecule has 8 heteroatoms. The van der Waals surface area contributed by atoms with Crippen molar-refractivity contribution < 1.29 is 13.2 Å². The third-order valence-corrected chi connectivity index (χ3v) is 6.71. The van der Waals surface area contributed by atoms with E-state index in [9.17, 15) is 13.2 Å². The van der Waals surface area contributed by atoms with Crippen LogP contribution in [0.3, 0.4) is 0 Å². The van der Waals surface area contributed by atoms with Crippen LogP contribution in [0.15, 0.2) is 24.3 Å².